The van der Waals surface area contributed by atoms with Gasteiger partial charge < -0.3 is 20.1 Å². The van der Waals surface area contributed by atoms with Gasteiger partial charge in [0.25, 0.3) is 0 Å². The minimum absolute atomic E-state index is 0.138. The number of carbonyl (C=O) groups excluding carboxylic acids is 1. The molecule has 0 aliphatic carbocycles. The average Bonchev–Trinajstić information content (AvgIpc) is 3.18. The van der Waals surface area contributed by atoms with Gasteiger partial charge in [-0.25, -0.2) is 0 Å². The number of aryl methyl sites for hydroxylation is 1. The largest absolute Gasteiger partial charge is 0.493 e. The maximum Gasteiger partial charge on any atom is 0.220 e. The Morgan fingerprint density at radius 3 is 2.88 bits per heavy atom. The van der Waals surface area contributed by atoms with Crippen molar-refractivity contribution in [2.24, 2.45) is 11.8 Å². The Kier molecular flexibility index (Phi) is 7.32. The summed E-state index contributed by atoms with van der Waals surface area (Å²) < 4.78 is 11.5. The van der Waals surface area contributed by atoms with Crippen LogP contribution in [0.25, 0.3) is 0 Å². The molecule has 2 aliphatic rings. The lowest BCUT2D eigenvalue weighted by Gasteiger charge is -2.22. The van der Waals surface area contributed by atoms with Gasteiger partial charge in [0.15, 0.2) is 0 Å². The van der Waals surface area contributed by atoms with Crippen LogP contribution in [-0.2, 0) is 16.1 Å². The number of ether oxygens (including phenoxy) is 2. The summed E-state index contributed by atoms with van der Waals surface area (Å²) in [5.41, 5.74) is 2.22. The molecule has 0 bridgehead atoms. The molecule has 5 nitrogen and oxygen atoms in total. The van der Waals surface area contributed by atoms with Crippen LogP contribution >= 0.6 is 0 Å². The van der Waals surface area contributed by atoms with Crippen molar-refractivity contribution in [1.82, 2.24) is 10.6 Å². The highest BCUT2D eigenvalue weighted by Gasteiger charge is 2.18. The third-order valence-corrected chi connectivity index (χ3v) is 5.44. The van der Waals surface area contributed by atoms with E-state index in [0.29, 0.717) is 31.4 Å². The number of rotatable bonds is 8. The van der Waals surface area contributed by atoms with Crippen LogP contribution in [0.3, 0.4) is 0 Å². The predicted molar refractivity (Wildman–Crippen MR) is 102 cm³/mol. The van der Waals surface area contributed by atoms with E-state index in [1.807, 2.05) is 0 Å². The van der Waals surface area contributed by atoms with Crippen LogP contribution in [0.2, 0.25) is 0 Å². The zero-order chi connectivity index (χ0) is 18.2. The van der Waals surface area contributed by atoms with E-state index in [1.165, 1.54) is 18.4 Å². The third kappa shape index (κ3) is 5.99. The van der Waals surface area contributed by atoms with Gasteiger partial charge in [-0.05, 0) is 63.2 Å². The first-order valence-electron chi connectivity index (χ1n) is 9.98. The first-order chi connectivity index (χ1) is 12.7. The summed E-state index contributed by atoms with van der Waals surface area (Å²) in [7, 11) is 0. The van der Waals surface area contributed by atoms with Crippen molar-refractivity contribution in [3.05, 3.63) is 29.3 Å². The highest BCUT2D eigenvalue weighted by molar-refractivity contribution is 5.75. The Balaban J connectivity index is 1.45. The SMILES string of the molecule is Cc1ccc(CNC(=O)CCC2CCNCC2)c(OCC2CCOC2)c1. The van der Waals surface area contributed by atoms with E-state index < -0.39 is 0 Å². The Bertz CT molecular complexity index is 579. The molecular formula is C21H32N2O3. The molecule has 5 heteroatoms. The standard InChI is InChI=1S/C21H32N2O3/c1-16-2-4-19(20(12-16)26-15-18-8-11-25-14-18)13-23-21(24)5-3-17-6-9-22-10-7-17/h2,4,12,17-18,22H,3,5-11,13-15H2,1H3,(H,23,24). The number of piperidine rings is 1. The van der Waals surface area contributed by atoms with Crippen LogP contribution in [0, 0.1) is 18.8 Å². The van der Waals surface area contributed by atoms with Crippen LogP contribution in [-0.4, -0.2) is 38.8 Å². The summed E-state index contributed by atoms with van der Waals surface area (Å²) >= 11 is 0. The molecule has 1 unspecified atom stereocenters. The molecule has 144 valence electrons. The van der Waals surface area contributed by atoms with Crippen molar-refractivity contribution < 1.29 is 14.3 Å². The van der Waals surface area contributed by atoms with Gasteiger partial charge in [-0.3, -0.25) is 4.79 Å². The molecule has 1 aromatic carbocycles. The van der Waals surface area contributed by atoms with Gasteiger partial charge in [0, 0.05) is 31.1 Å². The molecule has 0 saturated carbocycles. The van der Waals surface area contributed by atoms with Gasteiger partial charge in [-0.2, -0.15) is 0 Å². The summed E-state index contributed by atoms with van der Waals surface area (Å²) in [6, 6.07) is 6.19. The molecule has 1 atom stereocenters. The van der Waals surface area contributed by atoms with E-state index in [1.54, 1.807) is 0 Å². The molecule has 2 saturated heterocycles. The second-order valence-corrected chi connectivity index (χ2v) is 7.66. The second-order valence-electron chi connectivity index (χ2n) is 7.66. The van der Waals surface area contributed by atoms with Gasteiger partial charge in [0.05, 0.1) is 13.2 Å². The first-order valence-corrected chi connectivity index (χ1v) is 9.98. The van der Waals surface area contributed by atoms with Crippen LogP contribution < -0.4 is 15.4 Å². The zero-order valence-corrected chi connectivity index (χ0v) is 15.9. The monoisotopic (exact) mass is 360 g/mol. The van der Waals surface area contributed by atoms with Crippen molar-refractivity contribution in [2.45, 2.75) is 45.6 Å². The molecule has 3 rings (SSSR count). The lowest BCUT2D eigenvalue weighted by Crippen LogP contribution is -2.29. The van der Waals surface area contributed by atoms with E-state index in [-0.39, 0.29) is 5.91 Å². The summed E-state index contributed by atoms with van der Waals surface area (Å²) in [6.45, 7) is 7.07. The number of hydrogen-bond donors (Lipinski definition) is 2. The fourth-order valence-corrected chi connectivity index (χ4v) is 3.65. The minimum Gasteiger partial charge on any atom is -0.493 e. The van der Waals surface area contributed by atoms with Crippen LogP contribution in [0.5, 0.6) is 5.75 Å². The Morgan fingerprint density at radius 1 is 1.27 bits per heavy atom. The topological polar surface area (TPSA) is 59.6 Å². The summed E-state index contributed by atoms with van der Waals surface area (Å²) in [5, 5.41) is 6.44. The fraction of sp³-hybridized carbons (Fsp3) is 0.667. The minimum atomic E-state index is 0.138. The van der Waals surface area contributed by atoms with Crippen LogP contribution in [0.4, 0.5) is 0 Å². The Morgan fingerprint density at radius 2 is 2.12 bits per heavy atom. The Labute approximate surface area is 156 Å². The lowest BCUT2D eigenvalue weighted by atomic mass is 9.93. The molecule has 1 aromatic rings. The number of amides is 1. The molecule has 2 N–H and O–H groups in total. The van der Waals surface area contributed by atoms with Gasteiger partial charge >= 0.3 is 0 Å². The summed E-state index contributed by atoms with van der Waals surface area (Å²) in [4.78, 5) is 12.2. The van der Waals surface area contributed by atoms with E-state index in [9.17, 15) is 4.79 Å². The quantitative estimate of drug-likeness (QED) is 0.748. The molecule has 26 heavy (non-hydrogen) atoms. The van der Waals surface area contributed by atoms with Crippen molar-refractivity contribution in [2.75, 3.05) is 32.9 Å². The van der Waals surface area contributed by atoms with E-state index in [4.69, 9.17) is 9.47 Å². The van der Waals surface area contributed by atoms with Crippen molar-refractivity contribution in [1.29, 1.82) is 0 Å². The molecular weight excluding hydrogens is 328 g/mol. The molecule has 1 amide bonds. The molecule has 0 radical (unpaired) electrons. The van der Waals surface area contributed by atoms with E-state index in [2.05, 4.69) is 35.8 Å². The molecule has 0 aromatic heterocycles. The second kappa shape index (κ2) is 9.93. The molecule has 2 aliphatic heterocycles. The van der Waals surface area contributed by atoms with E-state index >= 15 is 0 Å². The average molecular weight is 360 g/mol. The normalized spacial score (nSPS) is 20.9. The Hall–Kier alpha value is -1.59. The maximum absolute atomic E-state index is 12.2. The molecule has 2 heterocycles. The van der Waals surface area contributed by atoms with Crippen LogP contribution in [0.15, 0.2) is 18.2 Å². The molecule has 0 spiro atoms. The maximum atomic E-state index is 12.2. The number of hydrogen-bond acceptors (Lipinski definition) is 4. The predicted octanol–water partition coefficient (Wildman–Crippen LogP) is 2.81. The van der Waals surface area contributed by atoms with Gasteiger partial charge in [0.2, 0.25) is 5.91 Å². The lowest BCUT2D eigenvalue weighted by molar-refractivity contribution is -0.121. The highest BCUT2D eigenvalue weighted by Crippen LogP contribution is 2.23. The highest BCUT2D eigenvalue weighted by atomic mass is 16.5. The number of carbonyl (C=O) groups is 1. The fourth-order valence-electron chi connectivity index (χ4n) is 3.65. The number of nitrogens with one attached hydrogen (secondary N) is 2. The van der Waals surface area contributed by atoms with Crippen molar-refractivity contribution >= 4 is 5.91 Å². The zero-order valence-electron chi connectivity index (χ0n) is 15.9. The van der Waals surface area contributed by atoms with Gasteiger partial charge in [0.1, 0.15) is 5.75 Å². The van der Waals surface area contributed by atoms with E-state index in [0.717, 1.165) is 50.5 Å². The van der Waals surface area contributed by atoms with Crippen LogP contribution in [0.1, 0.15) is 43.2 Å². The number of benzene rings is 1. The first kappa shape index (κ1) is 19.2. The third-order valence-electron chi connectivity index (χ3n) is 5.44. The smallest absolute Gasteiger partial charge is 0.220 e. The summed E-state index contributed by atoms with van der Waals surface area (Å²) in [6.07, 6.45) is 5.05. The van der Waals surface area contributed by atoms with Gasteiger partial charge in [-0.1, -0.05) is 12.1 Å². The van der Waals surface area contributed by atoms with Crippen molar-refractivity contribution in [3.63, 3.8) is 0 Å². The van der Waals surface area contributed by atoms with Gasteiger partial charge in [-0.15, -0.1) is 0 Å². The van der Waals surface area contributed by atoms with Crippen molar-refractivity contribution in [3.8, 4) is 5.75 Å². The summed E-state index contributed by atoms with van der Waals surface area (Å²) in [5.74, 6) is 2.19. The molecule has 2 fully saturated rings.